The van der Waals surface area contributed by atoms with Gasteiger partial charge >= 0.3 is 7.32 Å². The molecule has 168 valence electrons. The largest absolute Gasteiger partial charge is 0.635 e. The van der Waals surface area contributed by atoms with Crippen molar-refractivity contribution < 1.29 is 33.4 Å². The van der Waals surface area contributed by atoms with Crippen molar-refractivity contribution in [1.29, 1.82) is 0 Å². The third-order valence-electron chi connectivity index (χ3n) is 5.36. The number of nitrogens with one attached hydrogen (secondary N) is 1. The van der Waals surface area contributed by atoms with Crippen LogP contribution in [-0.4, -0.2) is 48.8 Å². The lowest BCUT2D eigenvalue weighted by atomic mass is 10.1. The van der Waals surface area contributed by atoms with E-state index >= 15 is 0 Å². The molecule has 1 aromatic heterocycles. The molecule has 1 amide bonds. The fourth-order valence-corrected chi connectivity index (χ4v) is 3.81. The van der Waals surface area contributed by atoms with E-state index in [1.54, 1.807) is 6.26 Å². The van der Waals surface area contributed by atoms with Gasteiger partial charge in [0.15, 0.2) is 0 Å². The molecule has 4 rings (SSSR count). The highest BCUT2D eigenvalue weighted by Gasteiger charge is 2.23. The molecule has 2 aromatic carbocycles. The minimum atomic E-state index is -2.03. The summed E-state index contributed by atoms with van der Waals surface area (Å²) in [6, 6.07) is 14.9. The lowest BCUT2D eigenvalue weighted by molar-refractivity contribution is -0.123. The van der Waals surface area contributed by atoms with E-state index in [0.29, 0.717) is 24.5 Å². The van der Waals surface area contributed by atoms with Gasteiger partial charge in [-0.1, -0.05) is 36.4 Å². The van der Waals surface area contributed by atoms with Crippen molar-refractivity contribution in [1.82, 2.24) is 5.32 Å². The highest BCUT2D eigenvalue weighted by atomic mass is 16.6. The average Bonchev–Trinajstić information content (AvgIpc) is 3.18. The van der Waals surface area contributed by atoms with E-state index < -0.39 is 13.5 Å². The lowest BCUT2D eigenvalue weighted by Gasteiger charge is -2.24. The molecular formula is C23H26BNO7. The molecule has 1 fully saturated rings. The summed E-state index contributed by atoms with van der Waals surface area (Å²) in [6.45, 7) is 1.33. The molecule has 9 heteroatoms. The molecule has 0 radical (unpaired) electrons. The zero-order chi connectivity index (χ0) is 22.3. The Labute approximate surface area is 186 Å². The normalized spacial score (nSPS) is 15.4. The van der Waals surface area contributed by atoms with Crippen LogP contribution in [-0.2, 0) is 27.0 Å². The number of rotatable bonds is 9. The lowest BCUT2D eigenvalue weighted by Crippen LogP contribution is -2.43. The maximum absolute atomic E-state index is 12.8. The molecule has 1 aliphatic heterocycles. The fraction of sp³-hybridized carbons (Fsp3) is 0.348. The van der Waals surface area contributed by atoms with Gasteiger partial charge in [-0.15, -0.1) is 0 Å². The van der Waals surface area contributed by atoms with Crippen LogP contribution in [0.4, 0.5) is 0 Å². The molecule has 2 heterocycles. The molecule has 32 heavy (non-hydrogen) atoms. The first-order chi connectivity index (χ1) is 15.6. The molecule has 0 saturated carbocycles. The van der Waals surface area contributed by atoms with Gasteiger partial charge in [0.1, 0.15) is 23.7 Å². The van der Waals surface area contributed by atoms with Crippen molar-refractivity contribution in [3.05, 3.63) is 65.9 Å². The standard InChI is InChI=1S/C23H26BNO7/c26-22(13-16-5-1-3-7-20(16)31-18-9-11-29-12-10-18)25-23(32-24(27)28)14-17-15-30-21-8-4-2-6-19(17)21/h1-8,15,18,23,27-28H,9-14H2,(H,25,26)/t23-/m1/s1. The predicted molar refractivity (Wildman–Crippen MR) is 118 cm³/mol. The Morgan fingerprint density at radius 1 is 1.09 bits per heavy atom. The molecule has 0 unspecified atom stereocenters. The smallest absolute Gasteiger partial charge is 0.490 e. The van der Waals surface area contributed by atoms with Gasteiger partial charge in [-0.05, 0) is 12.1 Å². The number of hydrogen-bond acceptors (Lipinski definition) is 7. The van der Waals surface area contributed by atoms with E-state index in [2.05, 4.69) is 5.32 Å². The molecule has 1 atom stereocenters. The van der Waals surface area contributed by atoms with Crippen LogP contribution in [0.3, 0.4) is 0 Å². The predicted octanol–water partition coefficient (Wildman–Crippen LogP) is 2.20. The van der Waals surface area contributed by atoms with Crippen LogP contribution < -0.4 is 10.1 Å². The Morgan fingerprint density at radius 3 is 2.66 bits per heavy atom. The van der Waals surface area contributed by atoms with Crippen molar-refractivity contribution >= 4 is 24.2 Å². The Hall–Kier alpha value is -2.85. The number of amides is 1. The first-order valence-corrected chi connectivity index (χ1v) is 10.7. The Morgan fingerprint density at radius 2 is 1.84 bits per heavy atom. The summed E-state index contributed by atoms with van der Waals surface area (Å²) in [5.41, 5.74) is 2.24. The van der Waals surface area contributed by atoms with E-state index in [1.807, 2.05) is 48.5 Å². The third-order valence-corrected chi connectivity index (χ3v) is 5.36. The second kappa shape index (κ2) is 10.6. The van der Waals surface area contributed by atoms with Gasteiger partial charge in [0.2, 0.25) is 5.91 Å². The van der Waals surface area contributed by atoms with Crippen molar-refractivity contribution in [3.8, 4) is 5.75 Å². The first-order valence-electron chi connectivity index (χ1n) is 10.7. The van der Waals surface area contributed by atoms with Crippen LogP contribution >= 0.6 is 0 Å². The summed E-state index contributed by atoms with van der Waals surface area (Å²) >= 11 is 0. The summed E-state index contributed by atoms with van der Waals surface area (Å²) in [6.07, 6.45) is 2.57. The van der Waals surface area contributed by atoms with Crippen molar-refractivity contribution in [2.45, 2.75) is 38.0 Å². The zero-order valence-corrected chi connectivity index (χ0v) is 17.6. The zero-order valence-electron chi connectivity index (χ0n) is 17.6. The SMILES string of the molecule is O=C(Cc1ccccc1OC1CCOCC1)N[C@@H](Cc1coc2ccccc12)OB(O)O. The van der Waals surface area contributed by atoms with E-state index in [-0.39, 0.29) is 24.9 Å². The molecule has 8 nitrogen and oxygen atoms in total. The maximum Gasteiger partial charge on any atom is 0.635 e. The van der Waals surface area contributed by atoms with Gasteiger partial charge in [-0.25, -0.2) is 0 Å². The summed E-state index contributed by atoms with van der Waals surface area (Å²) in [7, 11) is -2.03. The molecule has 0 aliphatic carbocycles. The third kappa shape index (κ3) is 5.89. The summed E-state index contributed by atoms with van der Waals surface area (Å²) in [4.78, 5) is 12.8. The molecular weight excluding hydrogens is 413 g/mol. The molecule has 1 aliphatic rings. The van der Waals surface area contributed by atoms with Crippen molar-refractivity contribution in [2.24, 2.45) is 0 Å². The van der Waals surface area contributed by atoms with Gasteiger partial charge < -0.3 is 33.9 Å². The Bertz CT molecular complexity index is 1030. The quantitative estimate of drug-likeness (QED) is 0.346. The molecule has 0 spiro atoms. The molecule has 0 bridgehead atoms. The number of carbonyl (C=O) groups excluding carboxylic acids is 1. The van der Waals surface area contributed by atoms with Gasteiger partial charge in [0.05, 0.1) is 25.9 Å². The van der Waals surface area contributed by atoms with Crippen LogP contribution in [0.1, 0.15) is 24.0 Å². The highest BCUT2D eigenvalue weighted by molar-refractivity contribution is 6.32. The second-order valence-corrected chi connectivity index (χ2v) is 7.69. The summed E-state index contributed by atoms with van der Waals surface area (Å²) in [5, 5.41) is 22.2. The van der Waals surface area contributed by atoms with E-state index in [0.717, 1.165) is 29.4 Å². The Kier molecular flexibility index (Phi) is 7.44. The number of benzene rings is 2. The molecule has 3 aromatic rings. The second-order valence-electron chi connectivity index (χ2n) is 7.69. The minimum Gasteiger partial charge on any atom is -0.490 e. The fourth-order valence-electron chi connectivity index (χ4n) is 3.81. The minimum absolute atomic E-state index is 0.0583. The number of carbonyl (C=O) groups is 1. The number of furan rings is 1. The van der Waals surface area contributed by atoms with Gasteiger partial charge in [0.25, 0.3) is 0 Å². The van der Waals surface area contributed by atoms with Crippen LogP contribution in [0.25, 0.3) is 11.0 Å². The van der Waals surface area contributed by atoms with Crippen LogP contribution in [0.2, 0.25) is 0 Å². The van der Waals surface area contributed by atoms with Crippen molar-refractivity contribution in [2.75, 3.05) is 13.2 Å². The number of hydrogen-bond donors (Lipinski definition) is 3. The van der Waals surface area contributed by atoms with E-state index in [1.165, 1.54) is 0 Å². The maximum atomic E-state index is 12.8. The number of fused-ring (bicyclic) bond motifs is 1. The van der Waals surface area contributed by atoms with Crippen LogP contribution in [0, 0.1) is 0 Å². The number of ether oxygens (including phenoxy) is 2. The number of para-hydroxylation sites is 2. The van der Waals surface area contributed by atoms with Gasteiger partial charge in [0, 0.05) is 35.8 Å². The van der Waals surface area contributed by atoms with E-state index in [9.17, 15) is 14.8 Å². The molecule has 3 N–H and O–H groups in total. The van der Waals surface area contributed by atoms with Crippen molar-refractivity contribution in [3.63, 3.8) is 0 Å². The van der Waals surface area contributed by atoms with Gasteiger partial charge in [-0.3, -0.25) is 4.79 Å². The monoisotopic (exact) mass is 439 g/mol. The first kappa shape index (κ1) is 22.4. The average molecular weight is 439 g/mol. The topological polar surface area (TPSA) is 110 Å². The highest BCUT2D eigenvalue weighted by Crippen LogP contribution is 2.24. The summed E-state index contributed by atoms with van der Waals surface area (Å²) < 4.78 is 22.1. The van der Waals surface area contributed by atoms with Gasteiger partial charge in [-0.2, -0.15) is 0 Å². The van der Waals surface area contributed by atoms with Crippen LogP contribution in [0.15, 0.2) is 59.2 Å². The Balaban J connectivity index is 1.42. The van der Waals surface area contributed by atoms with E-state index in [4.69, 9.17) is 18.5 Å². The summed E-state index contributed by atoms with van der Waals surface area (Å²) in [5.74, 6) is 0.335. The molecule has 1 saturated heterocycles. The van der Waals surface area contributed by atoms with Crippen LogP contribution in [0.5, 0.6) is 5.75 Å².